The lowest BCUT2D eigenvalue weighted by molar-refractivity contribution is 0.0697. The number of anilines is 1. The van der Waals surface area contributed by atoms with Crippen molar-refractivity contribution < 1.29 is 14.3 Å². The fourth-order valence-electron chi connectivity index (χ4n) is 3.51. The number of aromatic carboxylic acids is 1. The SMILES string of the molecule is O=C(O)c1ccc(-n2cc(/C=N/Nc3ccc(Cl)cc3)c(-c3cc4ccccc4oc3=O)n2)cc1. The lowest BCUT2D eigenvalue weighted by Gasteiger charge is -2.02. The number of halogens is 1. The van der Waals surface area contributed by atoms with Gasteiger partial charge in [-0.2, -0.15) is 10.2 Å². The third-order valence-electron chi connectivity index (χ3n) is 5.26. The fourth-order valence-corrected chi connectivity index (χ4v) is 3.63. The summed E-state index contributed by atoms with van der Waals surface area (Å²) in [6, 6.07) is 22.2. The van der Waals surface area contributed by atoms with Crippen molar-refractivity contribution in [3.8, 4) is 16.9 Å². The topological polar surface area (TPSA) is 110 Å². The lowest BCUT2D eigenvalue weighted by Crippen LogP contribution is -2.05. The largest absolute Gasteiger partial charge is 0.478 e. The first kappa shape index (κ1) is 22.1. The molecule has 5 rings (SSSR count). The van der Waals surface area contributed by atoms with Crippen LogP contribution in [-0.4, -0.2) is 27.1 Å². The van der Waals surface area contributed by atoms with Crippen LogP contribution in [0.2, 0.25) is 5.02 Å². The van der Waals surface area contributed by atoms with Crippen LogP contribution in [0.4, 0.5) is 5.69 Å². The van der Waals surface area contributed by atoms with Gasteiger partial charge in [0.25, 0.3) is 0 Å². The van der Waals surface area contributed by atoms with Gasteiger partial charge in [0.1, 0.15) is 11.3 Å². The summed E-state index contributed by atoms with van der Waals surface area (Å²) < 4.78 is 7.06. The van der Waals surface area contributed by atoms with E-state index in [1.54, 1.807) is 71.7 Å². The highest BCUT2D eigenvalue weighted by atomic mass is 35.5. The summed E-state index contributed by atoms with van der Waals surface area (Å²) in [4.78, 5) is 24.0. The normalized spacial score (nSPS) is 11.2. The van der Waals surface area contributed by atoms with Crippen molar-refractivity contribution in [1.82, 2.24) is 9.78 Å². The summed E-state index contributed by atoms with van der Waals surface area (Å²) in [6.45, 7) is 0. The maximum absolute atomic E-state index is 12.8. The molecule has 0 aliphatic carbocycles. The minimum Gasteiger partial charge on any atom is -0.478 e. The number of para-hydroxylation sites is 1. The summed E-state index contributed by atoms with van der Waals surface area (Å²) in [5.74, 6) is -1.02. The second kappa shape index (κ2) is 9.28. The van der Waals surface area contributed by atoms with Crippen molar-refractivity contribution in [2.45, 2.75) is 0 Å². The molecule has 0 unspecified atom stereocenters. The molecule has 0 bridgehead atoms. The number of benzene rings is 3. The van der Waals surface area contributed by atoms with Gasteiger partial charge in [0.2, 0.25) is 0 Å². The molecule has 9 heteroatoms. The van der Waals surface area contributed by atoms with Gasteiger partial charge in [0, 0.05) is 22.2 Å². The fraction of sp³-hybridized carbons (Fsp3) is 0. The number of rotatable bonds is 6. The van der Waals surface area contributed by atoms with Gasteiger partial charge in [-0.25, -0.2) is 14.3 Å². The third kappa shape index (κ3) is 4.68. The molecule has 0 atom stereocenters. The molecule has 0 spiro atoms. The van der Waals surface area contributed by atoms with E-state index in [0.717, 1.165) is 11.1 Å². The highest BCUT2D eigenvalue weighted by Gasteiger charge is 2.17. The second-order valence-corrected chi connectivity index (χ2v) is 8.03. The maximum atomic E-state index is 12.8. The predicted octanol–water partition coefficient (Wildman–Crippen LogP) is 5.44. The number of nitrogens with one attached hydrogen (secondary N) is 1. The van der Waals surface area contributed by atoms with E-state index in [9.17, 15) is 9.59 Å². The Morgan fingerprint density at radius 3 is 2.54 bits per heavy atom. The zero-order chi connectivity index (χ0) is 24.4. The zero-order valence-corrected chi connectivity index (χ0v) is 18.8. The molecule has 0 radical (unpaired) electrons. The number of nitrogens with zero attached hydrogens (tertiary/aromatic N) is 3. The monoisotopic (exact) mass is 484 g/mol. The molecule has 172 valence electrons. The van der Waals surface area contributed by atoms with E-state index < -0.39 is 11.6 Å². The Bertz CT molecular complexity index is 1620. The van der Waals surface area contributed by atoms with Crippen LogP contribution in [0.15, 0.2) is 99.4 Å². The van der Waals surface area contributed by atoms with Gasteiger partial charge in [-0.1, -0.05) is 29.8 Å². The average molecular weight is 485 g/mol. The molecular weight excluding hydrogens is 468 g/mol. The molecule has 0 aliphatic heterocycles. The Hall–Kier alpha value is -4.69. The van der Waals surface area contributed by atoms with Gasteiger partial charge in [-0.15, -0.1) is 0 Å². The molecular formula is C26H17ClN4O4. The standard InChI is InChI=1S/C26H17ClN4O4/c27-19-7-9-20(10-8-19)29-28-14-18-15-31(21-11-5-16(6-12-21)25(32)33)30-24(18)22-13-17-3-1-2-4-23(17)35-26(22)34/h1-15,29H,(H,32,33)/b28-14+. The second-order valence-electron chi connectivity index (χ2n) is 7.59. The quantitative estimate of drug-likeness (QED) is 0.188. The van der Waals surface area contributed by atoms with E-state index in [2.05, 4.69) is 15.6 Å². The van der Waals surface area contributed by atoms with Crippen molar-refractivity contribution in [3.05, 3.63) is 112 Å². The average Bonchev–Trinajstić information content (AvgIpc) is 3.28. The smallest absolute Gasteiger partial charge is 0.345 e. The molecule has 0 saturated carbocycles. The van der Waals surface area contributed by atoms with Gasteiger partial charge < -0.3 is 9.52 Å². The Morgan fingerprint density at radius 2 is 1.80 bits per heavy atom. The number of carboxylic acid groups (broad SMARTS) is 1. The van der Waals surface area contributed by atoms with Crippen molar-refractivity contribution in [2.24, 2.45) is 5.10 Å². The highest BCUT2D eigenvalue weighted by molar-refractivity contribution is 6.30. The molecule has 0 aliphatic rings. The number of fused-ring (bicyclic) bond motifs is 1. The molecule has 5 aromatic rings. The molecule has 0 fully saturated rings. The van der Waals surface area contributed by atoms with Crippen LogP contribution in [0.5, 0.6) is 0 Å². The Morgan fingerprint density at radius 1 is 1.06 bits per heavy atom. The molecule has 2 N–H and O–H groups in total. The van der Waals surface area contributed by atoms with Crippen molar-refractivity contribution in [3.63, 3.8) is 0 Å². The van der Waals surface area contributed by atoms with Crippen molar-refractivity contribution in [1.29, 1.82) is 0 Å². The van der Waals surface area contributed by atoms with E-state index in [-0.39, 0.29) is 11.1 Å². The first-order valence-corrected chi connectivity index (χ1v) is 10.9. The summed E-state index contributed by atoms with van der Waals surface area (Å²) in [5, 5.41) is 19.4. The predicted molar refractivity (Wildman–Crippen MR) is 135 cm³/mol. The van der Waals surface area contributed by atoms with Gasteiger partial charge in [-0.05, 0) is 60.7 Å². The summed E-state index contributed by atoms with van der Waals surface area (Å²) in [6.07, 6.45) is 3.25. The van der Waals surface area contributed by atoms with E-state index in [0.29, 0.717) is 27.6 Å². The Kier molecular flexibility index (Phi) is 5.87. The van der Waals surface area contributed by atoms with Crippen LogP contribution >= 0.6 is 11.6 Å². The first-order chi connectivity index (χ1) is 17.0. The minimum absolute atomic E-state index is 0.158. The zero-order valence-electron chi connectivity index (χ0n) is 18.1. The van der Waals surface area contributed by atoms with Crippen LogP contribution in [-0.2, 0) is 0 Å². The van der Waals surface area contributed by atoms with Crippen LogP contribution < -0.4 is 11.1 Å². The van der Waals surface area contributed by atoms with E-state index in [1.807, 2.05) is 12.1 Å². The van der Waals surface area contributed by atoms with Gasteiger partial charge in [0.15, 0.2) is 0 Å². The lowest BCUT2D eigenvalue weighted by atomic mass is 10.1. The number of aromatic nitrogens is 2. The molecule has 2 aromatic heterocycles. The molecule has 0 amide bonds. The van der Waals surface area contributed by atoms with E-state index in [1.165, 1.54) is 12.1 Å². The minimum atomic E-state index is -1.02. The Balaban J connectivity index is 1.58. The van der Waals surface area contributed by atoms with Crippen LogP contribution in [0, 0.1) is 0 Å². The number of carbonyl (C=O) groups is 1. The summed E-state index contributed by atoms with van der Waals surface area (Å²) in [5.41, 5.74) is 5.57. The number of carboxylic acids is 1. The van der Waals surface area contributed by atoms with Gasteiger partial charge in [0.05, 0.1) is 28.7 Å². The van der Waals surface area contributed by atoms with Crippen molar-refractivity contribution in [2.75, 3.05) is 5.43 Å². The highest BCUT2D eigenvalue weighted by Crippen LogP contribution is 2.24. The molecule has 2 heterocycles. The van der Waals surface area contributed by atoms with Gasteiger partial charge >= 0.3 is 11.6 Å². The molecule has 3 aromatic carbocycles. The van der Waals surface area contributed by atoms with E-state index in [4.69, 9.17) is 21.1 Å². The molecule has 35 heavy (non-hydrogen) atoms. The first-order valence-electron chi connectivity index (χ1n) is 10.5. The van der Waals surface area contributed by atoms with Gasteiger partial charge in [-0.3, -0.25) is 5.43 Å². The summed E-state index contributed by atoms with van der Waals surface area (Å²) in [7, 11) is 0. The van der Waals surface area contributed by atoms with Crippen LogP contribution in [0.1, 0.15) is 15.9 Å². The molecule has 8 nitrogen and oxygen atoms in total. The van der Waals surface area contributed by atoms with E-state index >= 15 is 0 Å². The number of hydrogen-bond donors (Lipinski definition) is 2. The van der Waals surface area contributed by atoms with Crippen LogP contribution in [0.3, 0.4) is 0 Å². The maximum Gasteiger partial charge on any atom is 0.345 e. The van der Waals surface area contributed by atoms with Crippen LogP contribution in [0.25, 0.3) is 27.9 Å². The number of hydrogen-bond acceptors (Lipinski definition) is 6. The Labute approximate surface area is 203 Å². The van der Waals surface area contributed by atoms with Crippen molar-refractivity contribution >= 4 is 40.4 Å². The molecule has 0 saturated heterocycles. The third-order valence-corrected chi connectivity index (χ3v) is 5.51. The number of hydrazone groups is 1. The summed E-state index contributed by atoms with van der Waals surface area (Å²) >= 11 is 5.93.